The van der Waals surface area contributed by atoms with Crippen molar-refractivity contribution >= 4 is 0 Å². The van der Waals surface area contributed by atoms with Crippen molar-refractivity contribution in [2.45, 2.75) is 20.8 Å². The fourth-order valence-electron chi connectivity index (χ4n) is 0. The Kier molecular flexibility index (Phi) is 7800. The third kappa shape index (κ3) is 298. The summed E-state index contributed by atoms with van der Waals surface area (Å²) in [6, 6.07) is 5.25. The topological polar surface area (TPSA) is 71.4 Å². The molecule has 0 radical (unpaired) electrons. The van der Waals surface area contributed by atoms with Crippen molar-refractivity contribution in [3.05, 3.63) is 19.3 Å². The molecular formula is C12H12MoN3-3. The van der Waals surface area contributed by atoms with Gasteiger partial charge in [0.15, 0.2) is 0 Å². The third-order valence-corrected chi connectivity index (χ3v) is 0. The van der Waals surface area contributed by atoms with Crippen LogP contribution in [0.3, 0.4) is 0 Å². The van der Waals surface area contributed by atoms with Crippen molar-refractivity contribution in [3.8, 4) is 37.5 Å². The maximum absolute atomic E-state index is 7.32. The zero-order chi connectivity index (χ0) is 14.1. The van der Waals surface area contributed by atoms with E-state index < -0.39 is 0 Å². The van der Waals surface area contributed by atoms with Crippen molar-refractivity contribution in [3.63, 3.8) is 0 Å². The number of rotatable bonds is 0. The molecule has 0 bridgehead atoms. The number of hydrogen-bond donors (Lipinski definition) is 0. The Morgan fingerprint density at radius 3 is 0.625 bits per heavy atom. The van der Waals surface area contributed by atoms with Crippen LogP contribution in [0.25, 0.3) is 0 Å². The second-order valence-corrected chi connectivity index (χ2v) is 0.671. The van der Waals surface area contributed by atoms with Gasteiger partial charge in [-0.1, -0.05) is 0 Å². The molecule has 0 atom stereocenters. The van der Waals surface area contributed by atoms with Crippen LogP contribution in [0.2, 0.25) is 0 Å². The van der Waals surface area contributed by atoms with Crippen LogP contribution in [-0.2, 0) is 21.1 Å². The molecule has 0 N–H and O–H groups in total. The van der Waals surface area contributed by atoms with Gasteiger partial charge in [0, 0.05) is 41.8 Å². The van der Waals surface area contributed by atoms with E-state index in [0.717, 1.165) is 0 Å². The fraction of sp³-hybridized carbons (Fsp3) is 0.250. The summed E-state index contributed by atoms with van der Waals surface area (Å²) in [5, 5.41) is 22.0. The summed E-state index contributed by atoms with van der Waals surface area (Å²) < 4.78 is 0. The van der Waals surface area contributed by atoms with Gasteiger partial charge in [-0.2, -0.15) is 15.8 Å². The normalized spacial score (nSPS) is 1.88. The molecule has 0 aromatic heterocycles. The first-order chi connectivity index (χ1) is 7.24. The fourth-order valence-corrected chi connectivity index (χ4v) is 0. The summed E-state index contributed by atoms with van der Waals surface area (Å²) in [5.74, 6) is 0. The Hall–Kier alpha value is -2.16. The first kappa shape index (κ1) is 48.8. The van der Waals surface area contributed by atoms with E-state index in [1.165, 1.54) is 20.8 Å². The van der Waals surface area contributed by atoms with Gasteiger partial charge >= 0.3 is 0 Å². The average molecular weight is 294 g/mol. The first-order valence-corrected chi connectivity index (χ1v) is 3.04. The van der Waals surface area contributed by atoms with E-state index >= 15 is 0 Å². The quantitative estimate of drug-likeness (QED) is 0.390. The van der Waals surface area contributed by atoms with Crippen molar-refractivity contribution in [2.24, 2.45) is 0 Å². The van der Waals surface area contributed by atoms with Crippen LogP contribution in [0, 0.1) is 72.5 Å². The molecule has 16 heavy (non-hydrogen) atoms. The molecule has 0 amide bonds. The van der Waals surface area contributed by atoms with Crippen LogP contribution >= 0.6 is 0 Å². The Morgan fingerprint density at radius 1 is 0.625 bits per heavy atom. The van der Waals surface area contributed by atoms with Gasteiger partial charge in [0.25, 0.3) is 0 Å². The molecule has 0 saturated carbocycles. The van der Waals surface area contributed by atoms with Crippen molar-refractivity contribution in [2.75, 3.05) is 0 Å². The molecule has 0 heterocycles. The molecule has 0 unspecified atom stereocenters. The molecule has 0 aliphatic carbocycles. The van der Waals surface area contributed by atoms with E-state index in [9.17, 15) is 0 Å². The zero-order valence-corrected chi connectivity index (χ0v) is 11.5. The van der Waals surface area contributed by atoms with Gasteiger partial charge in [-0.3, -0.25) is 0 Å². The second-order valence-electron chi connectivity index (χ2n) is 0.671. The average Bonchev–Trinajstić information content (AvgIpc) is 2.29. The Morgan fingerprint density at radius 2 is 0.625 bits per heavy atom. The van der Waals surface area contributed by atoms with Gasteiger partial charge < -0.3 is 38.5 Å². The second kappa shape index (κ2) is 2560. The predicted molar refractivity (Wildman–Crippen MR) is 58.4 cm³/mol. The van der Waals surface area contributed by atoms with Gasteiger partial charge in [0.1, 0.15) is 0 Å². The molecule has 0 aromatic rings. The van der Waals surface area contributed by atoms with E-state index in [1.54, 1.807) is 18.2 Å². The SMILES string of the molecule is CC#N.CC#N.CC#N.[C-]#C.[C-]#C.[C-]#C.[Mo]. The van der Waals surface area contributed by atoms with Crippen LogP contribution in [0.4, 0.5) is 0 Å². The van der Waals surface area contributed by atoms with Crippen molar-refractivity contribution in [1.29, 1.82) is 15.8 Å². The summed E-state index contributed by atoms with van der Waals surface area (Å²) >= 11 is 0. The monoisotopic (exact) mass is 296 g/mol. The minimum absolute atomic E-state index is 0. The maximum Gasteiger partial charge on any atom is 0.0587 e. The van der Waals surface area contributed by atoms with Gasteiger partial charge in [-0.25, -0.2) is 0 Å². The van der Waals surface area contributed by atoms with Crippen LogP contribution in [0.5, 0.6) is 0 Å². The van der Waals surface area contributed by atoms with E-state index in [4.69, 9.17) is 35.1 Å². The molecule has 0 aliphatic rings. The van der Waals surface area contributed by atoms with Gasteiger partial charge in [0.2, 0.25) is 0 Å². The zero-order valence-electron chi connectivity index (χ0n) is 9.48. The van der Waals surface area contributed by atoms with Crippen molar-refractivity contribution < 1.29 is 21.1 Å². The molecule has 0 rings (SSSR count). The number of hydrogen-bond acceptors (Lipinski definition) is 3. The van der Waals surface area contributed by atoms with E-state index in [1.807, 2.05) is 0 Å². The molecule has 0 saturated heterocycles. The molecule has 4 heteroatoms. The van der Waals surface area contributed by atoms with E-state index in [2.05, 4.69) is 19.3 Å². The van der Waals surface area contributed by atoms with Crippen LogP contribution in [0.1, 0.15) is 20.8 Å². The maximum atomic E-state index is 7.32. The number of nitriles is 3. The summed E-state index contributed by atoms with van der Waals surface area (Å²) in [4.78, 5) is 0. The summed E-state index contributed by atoms with van der Waals surface area (Å²) in [7, 11) is 0. The predicted octanol–water partition coefficient (Wildman–Crippen LogP) is 2.21. The largest absolute Gasteiger partial charge is 0.697 e. The Balaban J connectivity index is -0.0000000122. The molecule has 0 spiro atoms. The van der Waals surface area contributed by atoms with Crippen molar-refractivity contribution in [1.82, 2.24) is 0 Å². The number of nitrogens with zero attached hydrogens (tertiary/aromatic N) is 3. The first-order valence-electron chi connectivity index (χ1n) is 3.04. The molecule has 0 aliphatic heterocycles. The van der Waals surface area contributed by atoms with Crippen LogP contribution in [-0.4, -0.2) is 0 Å². The van der Waals surface area contributed by atoms with Gasteiger partial charge in [-0.15, -0.1) is 0 Å². The molecule has 0 aromatic carbocycles. The van der Waals surface area contributed by atoms with E-state index in [0.29, 0.717) is 0 Å². The van der Waals surface area contributed by atoms with Crippen LogP contribution < -0.4 is 0 Å². The minimum Gasteiger partial charge on any atom is -0.697 e. The minimum atomic E-state index is 0. The standard InChI is InChI=1S/3C2H3N.3C2H.Mo/c3*1-2-3;3*1-2;/h3*1H3;3*1H;/q;;;3*-1;. The molecule has 0 fully saturated rings. The summed E-state index contributed by atoms with van der Waals surface area (Å²) in [5.41, 5.74) is 0. The smallest absolute Gasteiger partial charge is 0.0587 e. The Labute approximate surface area is 114 Å². The molecule has 84 valence electrons. The molecular weight excluding hydrogens is 282 g/mol. The molecule has 3 nitrogen and oxygen atoms in total. The van der Waals surface area contributed by atoms with Gasteiger partial charge in [0.05, 0.1) is 18.2 Å². The Bertz CT molecular complexity index is 187. The van der Waals surface area contributed by atoms with E-state index in [-0.39, 0.29) is 21.1 Å². The van der Waals surface area contributed by atoms with Crippen LogP contribution in [0.15, 0.2) is 0 Å². The third-order valence-electron chi connectivity index (χ3n) is 0. The summed E-state index contributed by atoms with van der Waals surface area (Å²) in [6.07, 6.45) is 27.0. The summed E-state index contributed by atoms with van der Waals surface area (Å²) in [6.45, 7) is 4.29. The van der Waals surface area contributed by atoms with Gasteiger partial charge in [-0.05, 0) is 0 Å². The number of terminal acetylenes is 3.